The summed E-state index contributed by atoms with van der Waals surface area (Å²) in [5.41, 5.74) is 2.65. The summed E-state index contributed by atoms with van der Waals surface area (Å²) in [5.74, 6) is -0.0940. The number of rotatable bonds is 5. The van der Waals surface area contributed by atoms with E-state index in [2.05, 4.69) is 10.3 Å². The lowest BCUT2D eigenvalue weighted by Crippen LogP contribution is -2.28. The molecule has 0 bridgehead atoms. The maximum atomic E-state index is 12.3. The predicted molar refractivity (Wildman–Crippen MR) is 104 cm³/mol. The summed E-state index contributed by atoms with van der Waals surface area (Å²) in [6.45, 7) is 1.89. The molecule has 1 amide bonds. The van der Waals surface area contributed by atoms with Crippen LogP contribution in [0.2, 0.25) is 10.0 Å². The van der Waals surface area contributed by atoms with Gasteiger partial charge in [0.25, 0.3) is 0 Å². The molecule has 1 aromatic heterocycles. The second-order valence-electron chi connectivity index (χ2n) is 5.64. The lowest BCUT2D eigenvalue weighted by atomic mass is 10.1. The Morgan fingerprint density at radius 3 is 2.68 bits per heavy atom. The number of hydrogen-bond acceptors (Lipinski definition) is 3. The van der Waals surface area contributed by atoms with Crippen molar-refractivity contribution in [3.05, 3.63) is 75.2 Å². The molecule has 0 radical (unpaired) electrons. The molecule has 0 aliphatic heterocycles. The van der Waals surface area contributed by atoms with Crippen molar-refractivity contribution in [1.82, 2.24) is 10.3 Å². The first-order valence-electron chi connectivity index (χ1n) is 7.77. The van der Waals surface area contributed by atoms with E-state index in [4.69, 9.17) is 23.2 Å². The molecule has 0 spiro atoms. The lowest BCUT2D eigenvalue weighted by Gasteiger charge is -2.15. The number of carbonyl (C=O) groups is 1. The van der Waals surface area contributed by atoms with Crippen molar-refractivity contribution in [2.24, 2.45) is 0 Å². The highest BCUT2D eigenvalue weighted by molar-refractivity contribution is 7.13. The van der Waals surface area contributed by atoms with Crippen molar-refractivity contribution in [2.75, 3.05) is 0 Å². The Kier molecular flexibility index (Phi) is 5.74. The second kappa shape index (κ2) is 8.00. The van der Waals surface area contributed by atoms with E-state index in [1.807, 2.05) is 48.7 Å². The van der Waals surface area contributed by atoms with Gasteiger partial charge >= 0.3 is 0 Å². The van der Waals surface area contributed by atoms with Gasteiger partial charge in [-0.2, -0.15) is 0 Å². The first-order chi connectivity index (χ1) is 12.0. The third-order valence-corrected chi connectivity index (χ3v) is 5.22. The van der Waals surface area contributed by atoms with Crippen LogP contribution in [0.1, 0.15) is 24.2 Å². The molecule has 0 saturated heterocycles. The van der Waals surface area contributed by atoms with E-state index in [0.29, 0.717) is 10.0 Å². The Morgan fingerprint density at radius 2 is 1.96 bits per heavy atom. The van der Waals surface area contributed by atoms with Crippen LogP contribution in [-0.2, 0) is 11.2 Å². The Hall–Kier alpha value is -1.88. The molecule has 1 N–H and O–H groups in total. The first-order valence-corrected chi connectivity index (χ1v) is 9.40. The molecule has 3 aromatic rings. The zero-order chi connectivity index (χ0) is 17.8. The van der Waals surface area contributed by atoms with Gasteiger partial charge in [0.05, 0.1) is 18.2 Å². The van der Waals surface area contributed by atoms with E-state index in [0.717, 1.165) is 21.8 Å². The van der Waals surface area contributed by atoms with Gasteiger partial charge in [-0.3, -0.25) is 4.79 Å². The molecule has 0 aliphatic rings. The van der Waals surface area contributed by atoms with Gasteiger partial charge in [-0.25, -0.2) is 4.98 Å². The number of nitrogens with one attached hydrogen (secondary N) is 1. The Labute approximate surface area is 160 Å². The van der Waals surface area contributed by atoms with E-state index in [1.165, 1.54) is 11.3 Å². The molecule has 0 unspecified atom stereocenters. The number of amides is 1. The molecule has 0 fully saturated rings. The number of thiazole rings is 1. The van der Waals surface area contributed by atoms with Crippen molar-refractivity contribution in [2.45, 2.75) is 19.4 Å². The van der Waals surface area contributed by atoms with Crippen LogP contribution in [0, 0.1) is 0 Å². The molecule has 3 nitrogen and oxygen atoms in total. The van der Waals surface area contributed by atoms with E-state index in [1.54, 1.807) is 12.1 Å². The summed E-state index contributed by atoms with van der Waals surface area (Å²) in [6.07, 6.45) is 0.235. The molecule has 6 heteroatoms. The highest BCUT2D eigenvalue weighted by Crippen LogP contribution is 2.26. The molecular weight excluding hydrogens is 375 g/mol. The number of halogens is 2. The van der Waals surface area contributed by atoms with Gasteiger partial charge in [0, 0.05) is 21.0 Å². The zero-order valence-electron chi connectivity index (χ0n) is 13.5. The summed E-state index contributed by atoms with van der Waals surface area (Å²) >= 11 is 13.6. The average Bonchev–Trinajstić information content (AvgIpc) is 3.03. The number of aromatic nitrogens is 1. The van der Waals surface area contributed by atoms with Crippen molar-refractivity contribution in [3.8, 4) is 10.6 Å². The summed E-state index contributed by atoms with van der Waals surface area (Å²) in [6, 6.07) is 15.0. The third-order valence-electron chi connectivity index (χ3n) is 3.72. The normalized spacial score (nSPS) is 12.0. The number of carbonyl (C=O) groups excluding carboxylic acids is 1. The molecule has 0 aliphatic carbocycles. The Bertz CT molecular complexity index is 880. The van der Waals surface area contributed by atoms with Crippen LogP contribution in [0.5, 0.6) is 0 Å². The molecule has 0 saturated carbocycles. The van der Waals surface area contributed by atoms with Crippen LogP contribution in [0.3, 0.4) is 0 Å². The summed E-state index contributed by atoms with van der Waals surface area (Å²) in [4.78, 5) is 16.8. The van der Waals surface area contributed by atoms with Crippen LogP contribution >= 0.6 is 34.5 Å². The van der Waals surface area contributed by atoms with Gasteiger partial charge in [-0.15, -0.1) is 11.3 Å². The third kappa shape index (κ3) is 4.60. The second-order valence-corrected chi connectivity index (χ2v) is 7.34. The molecule has 3 rings (SSSR count). The average molecular weight is 391 g/mol. The summed E-state index contributed by atoms with van der Waals surface area (Å²) < 4.78 is 0. The standard InChI is InChI=1S/C19H16Cl2N2OS/c1-12(16-8-7-14(20)9-17(16)21)22-18(24)10-15-11-25-19(23-15)13-5-3-2-4-6-13/h2-9,11-12H,10H2,1H3,(H,22,24)/t12-/m0/s1. The van der Waals surface area contributed by atoms with E-state index in [9.17, 15) is 4.79 Å². The highest BCUT2D eigenvalue weighted by Gasteiger charge is 2.15. The van der Waals surface area contributed by atoms with E-state index in [-0.39, 0.29) is 18.4 Å². The predicted octanol–water partition coefficient (Wildman–Crippen LogP) is 5.54. The number of benzene rings is 2. The summed E-state index contributed by atoms with van der Waals surface area (Å²) in [5, 5.41) is 6.90. The molecule has 128 valence electrons. The van der Waals surface area contributed by atoms with Crippen LogP contribution in [0.15, 0.2) is 53.9 Å². The monoisotopic (exact) mass is 390 g/mol. The maximum absolute atomic E-state index is 12.3. The molecule has 2 aromatic carbocycles. The van der Waals surface area contributed by atoms with Gasteiger partial charge in [0.2, 0.25) is 5.91 Å². The van der Waals surface area contributed by atoms with Gasteiger partial charge in [-0.1, -0.05) is 59.6 Å². The van der Waals surface area contributed by atoms with Crippen LogP contribution in [0.4, 0.5) is 0 Å². The Morgan fingerprint density at radius 1 is 1.20 bits per heavy atom. The fourth-order valence-electron chi connectivity index (χ4n) is 2.49. The summed E-state index contributed by atoms with van der Waals surface area (Å²) in [7, 11) is 0. The van der Waals surface area contributed by atoms with Gasteiger partial charge in [0.15, 0.2) is 0 Å². The van der Waals surface area contributed by atoms with Crippen LogP contribution in [0.25, 0.3) is 10.6 Å². The van der Waals surface area contributed by atoms with Crippen LogP contribution in [-0.4, -0.2) is 10.9 Å². The van der Waals surface area contributed by atoms with Gasteiger partial charge in [0.1, 0.15) is 5.01 Å². The van der Waals surface area contributed by atoms with E-state index >= 15 is 0 Å². The SMILES string of the molecule is C[C@H](NC(=O)Cc1csc(-c2ccccc2)n1)c1ccc(Cl)cc1Cl. The molecule has 25 heavy (non-hydrogen) atoms. The van der Waals surface area contributed by atoms with Crippen LogP contribution < -0.4 is 5.32 Å². The number of hydrogen-bond donors (Lipinski definition) is 1. The highest BCUT2D eigenvalue weighted by atomic mass is 35.5. The van der Waals surface area contributed by atoms with Gasteiger partial charge < -0.3 is 5.32 Å². The fourth-order valence-corrected chi connectivity index (χ4v) is 3.89. The maximum Gasteiger partial charge on any atom is 0.226 e. The topological polar surface area (TPSA) is 42.0 Å². The quantitative estimate of drug-likeness (QED) is 0.621. The Balaban J connectivity index is 1.64. The van der Waals surface area contributed by atoms with Crippen molar-refractivity contribution in [3.63, 3.8) is 0 Å². The van der Waals surface area contributed by atoms with Crippen molar-refractivity contribution in [1.29, 1.82) is 0 Å². The van der Waals surface area contributed by atoms with Crippen molar-refractivity contribution < 1.29 is 4.79 Å². The van der Waals surface area contributed by atoms with Crippen molar-refractivity contribution >= 4 is 40.4 Å². The largest absolute Gasteiger partial charge is 0.349 e. The minimum absolute atomic E-state index is 0.0940. The fraction of sp³-hybridized carbons (Fsp3) is 0.158. The minimum atomic E-state index is -0.204. The van der Waals surface area contributed by atoms with E-state index < -0.39 is 0 Å². The molecule has 1 heterocycles. The minimum Gasteiger partial charge on any atom is -0.349 e. The molecular formula is C19H16Cl2N2OS. The lowest BCUT2D eigenvalue weighted by molar-refractivity contribution is -0.121. The zero-order valence-corrected chi connectivity index (χ0v) is 15.8. The first kappa shape index (κ1) is 17.9. The molecule has 1 atom stereocenters. The smallest absolute Gasteiger partial charge is 0.226 e. The van der Waals surface area contributed by atoms with Gasteiger partial charge in [-0.05, 0) is 24.6 Å². The number of nitrogens with zero attached hydrogens (tertiary/aromatic N) is 1.